The lowest BCUT2D eigenvalue weighted by atomic mass is 10.1. The van der Waals surface area contributed by atoms with E-state index in [9.17, 15) is 4.79 Å². The van der Waals surface area contributed by atoms with Crippen molar-refractivity contribution in [1.29, 1.82) is 0 Å². The molecule has 1 amide bonds. The molecular formula is C21H23N7OS. The fourth-order valence-corrected chi connectivity index (χ4v) is 4.04. The van der Waals surface area contributed by atoms with E-state index in [1.54, 1.807) is 23.7 Å². The lowest BCUT2D eigenvalue weighted by Gasteiger charge is -2.16. The molecule has 1 atom stereocenters. The summed E-state index contributed by atoms with van der Waals surface area (Å²) < 4.78 is 0. The molecule has 0 bridgehead atoms. The summed E-state index contributed by atoms with van der Waals surface area (Å²) >= 11 is 1.61. The fourth-order valence-electron chi connectivity index (χ4n) is 3.14. The van der Waals surface area contributed by atoms with Crippen LogP contribution in [0, 0.1) is 13.8 Å². The molecule has 0 spiro atoms. The monoisotopic (exact) mass is 421 g/mol. The van der Waals surface area contributed by atoms with Crippen molar-refractivity contribution in [3.63, 3.8) is 0 Å². The maximum Gasteiger partial charge on any atom is 0.253 e. The van der Waals surface area contributed by atoms with Crippen LogP contribution in [0.2, 0.25) is 0 Å². The maximum atomic E-state index is 12.9. The number of carbonyl (C=O) groups excluding carboxylic acids is 1. The largest absolute Gasteiger partial charge is 0.354 e. The van der Waals surface area contributed by atoms with Crippen LogP contribution in [0.5, 0.6) is 0 Å². The Hall–Kier alpha value is -3.33. The molecule has 3 heterocycles. The van der Waals surface area contributed by atoms with Crippen molar-refractivity contribution in [2.24, 2.45) is 0 Å². The molecule has 4 aromatic rings. The molecule has 30 heavy (non-hydrogen) atoms. The number of nitrogens with zero attached hydrogens (tertiary/aromatic N) is 5. The fraction of sp³-hybridized carbons (Fsp3) is 0.286. The number of aryl methyl sites for hydroxylation is 2. The first-order chi connectivity index (χ1) is 14.5. The van der Waals surface area contributed by atoms with Gasteiger partial charge in [0.15, 0.2) is 0 Å². The summed E-state index contributed by atoms with van der Waals surface area (Å²) in [6.07, 6.45) is 5.77. The molecule has 0 unspecified atom stereocenters. The molecule has 0 saturated heterocycles. The molecule has 3 aromatic heterocycles. The molecule has 0 aliphatic carbocycles. The first kappa shape index (κ1) is 20.0. The number of fused-ring (bicyclic) bond motifs is 1. The van der Waals surface area contributed by atoms with Crippen LogP contribution in [0.15, 0.2) is 42.2 Å². The normalized spacial score (nSPS) is 12.1. The number of aromatic nitrogens is 5. The predicted octanol–water partition coefficient (Wildman–Crippen LogP) is 3.51. The number of thiophene rings is 1. The SMILES string of the molecule is Cc1ccc(-n2nccn2)c(C(=O)N[C@H](C)CCNc2ncc3c(C)csc3n2)c1. The zero-order chi connectivity index (χ0) is 21.1. The quantitative estimate of drug-likeness (QED) is 0.474. The summed E-state index contributed by atoms with van der Waals surface area (Å²) in [5.74, 6) is 0.457. The van der Waals surface area contributed by atoms with E-state index in [2.05, 4.69) is 43.1 Å². The van der Waals surface area contributed by atoms with Crippen LogP contribution < -0.4 is 10.6 Å². The lowest BCUT2D eigenvalue weighted by molar-refractivity contribution is 0.0938. The van der Waals surface area contributed by atoms with Crippen molar-refractivity contribution >= 4 is 33.4 Å². The lowest BCUT2D eigenvalue weighted by Crippen LogP contribution is -2.34. The summed E-state index contributed by atoms with van der Waals surface area (Å²) in [4.78, 5) is 24.2. The maximum absolute atomic E-state index is 12.9. The van der Waals surface area contributed by atoms with Gasteiger partial charge in [0.2, 0.25) is 5.95 Å². The average molecular weight is 422 g/mol. The molecule has 0 fully saturated rings. The minimum atomic E-state index is -0.148. The molecule has 1 aromatic carbocycles. The summed E-state index contributed by atoms with van der Waals surface area (Å²) in [5, 5.41) is 17.8. The number of amides is 1. The molecule has 2 N–H and O–H groups in total. The number of hydrogen-bond acceptors (Lipinski definition) is 7. The Kier molecular flexibility index (Phi) is 5.71. The zero-order valence-electron chi connectivity index (χ0n) is 17.1. The molecule has 9 heteroatoms. The van der Waals surface area contributed by atoms with E-state index in [4.69, 9.17) is 0 Å². The molecule has 154 valence electrons. The average Bonchev–Trinajstić information content (AvgIpc) is 3.38. The van der Waals surface area contributed by atoms with Crippen molar-refractivity contribution in [2.45, 2.75) is 33.2 Å². The second-order valence-electron chi connectivity index (χ2n) is 7.26. The van der Waals surface area contributed by atoms with Crippen molar-refractivity contribution in [3.8, 4) is 5.69 Å². The van der Waals surface area contributed by atoms with E-state index in [0.717, 1.165) is 22.2 Å². The Morgan fingerprint density at radius 2 is 2.03 bits per heavy atom. The molecule has 0 saturated carbocycles. The Labute approximate surface area is 178 Å². The number of anilines is 1. The van der Waals surface area contributed by atoms with Gasteiger partial charge in [-0.25, -0.2) is 9.97 Å². The van der Waals surface area contributed by atoms with E-state index < -0.39 is 0 Å². The van der Waals surface area contributed by atoms with Gasteiger partial charge in [-0.05, 0) is 50.3 Å². The predicted molar refractivity (Wildman–Crippen MR) is 118 cm³/mol. The molecule has 8 nitrogen and oxygen atoms in total. The number of rotatable bonds is 7. The van der Waals surface area contributed by atoms with Gasteiger partial charge >= 0.3 is 0 Å². The van der Waals surface area contributed by atoms with E-state index in [-0.39, 0.29) is 11.9 Å². The second kappa shape index (κ2) is 8.58. The van der Waals surface area contributed by atoms with E-state index in [0.29, 0.717) is 23.7 Å². The van der Waals surface area contributed by atoms with Gasteiger partial charge in [-0.1, -0.05) is 11.6 Å². The summed E-state index contributed by atoms with van der Waals surface area (Å²) in [6, 6.07) is 5.62. The van der Waals surface area contributed by atoms with E-state index in [1.807, 2.05) is 38.2 Å². The number of hydrogen-bond donors (Lipinski definition) is 2. The highest BCUT2D eigenvalue weighted by atomic mass is 32.1. The van der Waals surface area contributed by atoms with Gasteiger partial charge in [-0.2, -0.15) is 15.0 Å². The molecule has 4 rings (SSSR count). The Bertz CT molecular complexity index is 1170. The highest BCUT2D eigenvalue weighted by Gasteiger charge is 2.16. The third-order valence-electron chi connectivity index (χ3n) is 4.79. The Morgan fingerprint density at radius 1 is 1.23 bits per heavy atom. The highest BCUT2D eigenvalue weighted by molar-refractivity contribution is 7.16. The van der Waals surface area contributed by atoms with E-state index in [1.165, 1.54) is 10.4 Å². The molecule has 0 radical (unpaired) electrons. The topological polar surface area (TPSA) is 97.6 Å². The molecule has 0 aliphatic heterocycles. The van der Waals surface area contributed by atoms with Crippen molar-refractivity contribution in [2.75, 3.05) is 11.9 Å². The molecule has 0 aliphatic rings. The zero-order valence-corrected chi connectivity index (χ0v) is 17.9. The first-order valence-electron chi connectivity index (χ1n) is 9.74. The molecular weight excluding hydrogens is 398 g/mol. The van der Waals surface area contributed by atoms with Crippen LogP contribution in [-0.2, 0) is 0 Å². The number of carbonyl (C=O) groups is 1. The van der Waals surface area contributed by atoms with Crippen LogP contribution in [0.1, 0.15) is 34.8 Å². The van der Waals surface area contributed by atoms with Gasteiger partial charge in [-0.15, -0.1) is 11.3 Å². The first-order valence-corrected chi connectivity index (χ1v) is 10.6. The van der Waals surface area contributed by atoms with Crippen molar-refractivity contribution < 1.29 is 4.79 Å². The van der Waals surface area contributed by atoms with Crippen LogP contribution in [0.3, 0.4) is 0 Å². The van der Waals surface area contributed by atoms with Gasteiger partial charge in [-0.3, -0.25) is 4.79 Å². The Balaban J connectivity index is 1.36. The van der Waals surface area contributed by atoms with Crippen LogP contribution >= 0.6 is 11.3 Å². The number of benzene rings is 1. The standard InChI is InChI=1S/C21H23N7OS/c1-13-4-5-18(28-24-8-9-25-28)16(10-13)19(29)26-15(3)6-7-22-21-23-11-17-14(2)12-30-20(17)27-21/h4-5,8-12,15H,6-7H2,1-3H3,(H,26,29)(H,22,23,27)/t15-/m1/s1. The van der Waals surface area contributed by atoms with Gasteiger partial charge in [0.25, 0.3) is 5.91 Å². The summed E-state index contributed by atoms with van der Waals surface area (Å²) in [7, 11) is 0. The summed E-state index contributed by atoms with van der Waals surface area (Å²) in [5.41, 5.74) is 3.40. The summed E-state index contributed by atoms with van der Waals surface area (Å²) in [6.45, 7) is 6.64. The highest BCUT2D eigenvalue weighted by Crippen LogP contribution is 2.23. The minimum absolute atomic E-state index is 0.0309. The third-order valence-corrected chi connectivity index (χ3v) is 5.80. The van der Waals surface area contributed by atoms with Crippen LogP contribution in [-0.4, -0.2) is 43.5 Å². The smallest absolute Gasteiger partial charge is 0.253 e. The van der Waals surface area contributed by atoms with Crippen molar-refractivity contribution in [1.82, 2.24) is 30.3 Å². The van der Waals surface area contributed by atoms with Gasteiger partial charge in [0.1, 0.15) is 4.83 Å². The van der Waals surface area contributed by atoms with Gasteiger partial charge in [0.05, 0.1) is 23.6 Å². The van der Waals surface area contributed by atoms with E-state index >= 15 is 0 Å². The van der Waals surface area contributed by atoms with Crippen LogP contribution in [0.4, 0.5) is 5.95 Å². The Morgan fingerprint density at radius 3 is 2.83 bits per heavy atom. The van der Waals surface area contributed by atoms with Crippen molar-refractivity contribution in [3.05, 3.63) is 58.9 Å². The second-order valence-corrected chi connectivity index (χ2v) is 8.12. The number of nitrogens with one attached hydrogen (secondary N) is 2. The third kappa shape index (κ3) is 4.30. The van der Waals surface area contributed by atoms with Gasteiger partial charge < -0.3 is 10.6 Å². The minimum Gasteiger partial charge on any atom is -0.354 e. The van der Waals surface area contributed by atoms with Gasteiger partial charge in [0, 0.05) is 24.2 Å². The van der Waals surface area contributed by atoms with Crippen LogP contribution in [0.25, 0.3) is 15.9 Å².